The van der Waals surface area contributed by atoms with Gasteiger partial charge in [-0.15, -0.1) is 0 Å². The highest BCUT2D eigenvalue weighted by Crippen LogP contribution is 2.33. The van der Waals surface area contributed by atoms with Gasteiger partial charge in [-0.05, 0) is 114 Å². The molecule has 220 valence electrons. The molecule has 3 amide bonds. The van der Waals surface area contributed by atoms with Gasteiger partial charge in [0.15, 0.2) is 0 Å². The van der Waals surface area contributed by atoms with Crippen molar-refractivity contribution in [2.75, 3.05) is 24.4 Å². The molecular formula is C30H43N3O6S. The van der Waals surface area contributed by atoms with E-state index >= 15 is 0 Å². The molecule has 0 bridgehead atoms. The molecule has 0 radical (unpaired) electrons. The number of thioether (sulfide) groups is 1. The lowest BCUT2D eigenvalue weighted by molar-refractivity contribution is -0.146. The van der Waals surface area contributed by atoms with E-state index in [4.69, 9.17) is 9.47 Å². The number of nitrogens with zero attached hydrogens (tertiary/aromatic N) is 1. The third kappa shape index (κ3) is 9.36. The third-order valence-electron chi connectivity index (χ3n) is 5.96. The minimum absolute atomic E-state index is 0.0798. The highest BCUT2D eigenvalue weighted by Gasteiger charge is 2.42. The second-order valence-corrected chi connectivity index (χ2v) is 12.5. The second-order valence-electron chi connectivity index (χ2n) is 11.5. The van der Waals surface area contributed by atoms with Crippen molar-refractivity contribution in [3.63, 3.8) is 0 Å². The van der Waals surface area contributed by atoms with E-state index < -0.39 is 41.1 Å². The van der Waals surface area contributed by atoms with E-state index in [1.165, 1.54) is 11.0 Å². The molecule has 2 rings (SSSR count). The number of hydrogen-bond acceptors (Lipinski definition) is 7. The van der Waals surface area contributed by atoms with Gasteiger partial charge in [0.2, 0.25) is 5.91 Å². The monoisotopic (exact) mass is 573 g/mol. The molecule has 40 heavy (non-hydrogen) atoms. The molecule has 2 aromatic carbocycles. The third-order valence-corrected chi connectivity index (χ3v) is 6.60. The summed E-state index contributed by atoms with van der Waals surface area (Å²) in [5, 5.41) is 15.8. The largest absolute Gasteiger partial charge is 0.508 e. The first-order valence-electron chi connectivity index (χ1n) is 13.1. The SMILES string of the molecule is COc1ccc(NC(=O)C(c2ccc(O)c(C)c2)N(C(=O)C(CCSC)NC(=O)OC(C)(C)C)C(C)(C)C)cc1. The number of carbonyl (C=O) groups excluding carboxylic acids is 3. The van der Waals surface area contributed by atoms with Crippen LogP contribution in [0.4, 0.5) is 10.5 Å². The molecule has 2 atom stereocenters. The van der Waals surface area contributed by atoms with Crippen LogP contribution in [0.1, 0.15) is 65.1 Å². The molecule has 0 aliphatic rings. The fourth-order valence-electron chi connectivity index (χ4n) is 4.11. The van der Waals surface area contributed by atoms with Crippen LogP contribution in [0.15, 0.2) is 42.5 Å². The highest BCUT2D eigenvalue weighted by molar-refractivity contribution is 7.98. The molecule has 0 saturated heterocycles. The first-order valence-corrected chi connectivity index (χ1v) is 14.5. The number of benzene rings is 2. The van der Waals surface area contributed by atoms with Gasteiger partial charge in [-0.3, -0.25) is 9.59 Å². The van der Waals surface area contributed by atoms with Crippen molar-refractivity contribution in [3.8, 4) is 11.5 Å². The predicted molar refractivity (Wildman–Crippen MR) is 160 cm³/mol. The quantitative estimate of drug-likeness (QED) is 0.336. The summed E-state index contributed by atoms with van der Waals surface area (Å²) in [7, 11) is 1.56. The van der Waals surface area contributed by atoms with Gasteiger partial charge in [0, 0.05) is 11.2 Å². The Morgan fingerprint density at radius 2 is 1.65 bits per heavy atom. The lowest BCUT2D eigenvalue weighted by atomic mass is 9.94. The van der Waals surface area contributed by atoms with E-state index in [9.17, 15) is 19.5 Å². The number of hydrogen-bond donors (Lipinski definition) is 3. The van der Waals surface area contributed by atoms with E-state index in [0.29, 0.717) is 34.7 Å². The summed E-state index contributed by atoms with van der Waals surface area (Å²) in [6, 6.07) is 9.70. The zero-order valence-corrected chi connectivity index (χ0v) is 25.8. The molecule has 0 aliphatic carbocycles. The lowest BCUT2D eigenvalue weighted by Gasteiger charge is -2.43. The summed E-state index contributed by atoms with van der Waals surface area (Å²) in [5.74, 6) is 0.453. The predicted octanol–water partition coefficient (Wildman–Crippen LogP) is 5.66. The Bertz CT molecular complexity index is 1170. The summed E-state index contributed by atoms with van der Waals surface area (Å²) in [6.07, 6.45) is 1.55. The van der Waals surface area contributed by atoms with Crippen molar-refractivity contribution < 1.29 is 29.0 Å². The number of phenolic OH excluding ortho intramolecular Hbond substituents is 1. The number of anilines is 1. The maximum atomic E-state index is 14.3. The van der Waals surface area contributed by atoms with Gasteiger partial charge in [-0.2, -0.15) is 11.8 Å². The lowest BCUT2D eigenvalue weighted by Crippen LogP contribution is -2.58. The number of aryl methyl sites for hydroxylation is 1. The van der Waals surface area contributed by atoms with Crippen molar-refractivity contribution in [3.05, 3.63) is 53.6 Å². The molecule has 10 heteroatoms. The molecule has 0 saturated carbocycles. The van der Waals surface area contributed by atoms with Gasteiger partial charge in [0.1, 0.15) is 29.2 Å². The normalized spacial score (nSPS) is 13.1. The zero-order valence-electron chi connectivity index (χ0n) is 25.0. The Kier molecular flexibility index (Phi) is 11.3. The van der Waals surface area contributed by atoms with Gasteiger partial charge in [-0.1, -0.05) is 6.07 Å². The van der Waals surface area contributed by atoms with Crippen molar-refractivity contribution in [2.45, 2.75) is 78.1 Å². The average Bonchev–Trinajstić information content (AvgIpc) is 2.85. The fraction of sp³-hybridized carbons (Fsp3) is 0.500. The van der Waals surface area contributed by atoms with Gasteiger partial charge in [-0.25, -0.2) is 4.79 Å². The van der Waals surface area contributed by atoms with Crippen LogP contribution < -0.4 is 15.4 Å². The summed E-state index contributed by atoms with van der Waals surface area (Å²) in [4.78, 5) is 42.5. The number of amides is 3. The first kappa shape index (κ1) is 32.8. The minimum atomic E-state index is -1.08. The molecule has 2 aromatic rings. The number of alkyl carbamates (subject to hydrolysis) is 1. The van der Waals surface area contributed by atoms with Crippen LogP contribution in [0.25, 0.3) is 0 Å². The van der Waals surface area contributed by atoms with E-state index in [1.54, 1.807) is 83.0 Å². The molecule has 0 fully saturated rings. The standard InChI is InChI=1S/C30H43N3O6S/c1-19-18-20(10-15-24(19)34)25(26(35)31-21-11-13-22(38-8)14-12-21)33(29(2,3)4)27(36)23(16-17-40-9)32-28(37)39-30(5,6)7/h10-15,18,23,25,34H,16-17H2,1-9H3,(H,31,35)(H,32,37). The maximum Gasteiger partial charge on any atom is 0.408 e. The van der Waals surface area contributed by atoms with Crippen LogP contribution in [0, 0.1) is 6.92 Å². The summed E-state index contributed by atoms with van der Waals surface area (Å²) in [5.41, 5.74) is 0.0271. The molecule has 3 N–H and O–H groups in total. The van der Waals surface area contributed by atoms with Crippen LogP contribution in [0.5, 0.6) is 11.5 Å². The van der Waals surface area contributed by atoms with Crippen LogP contribution in [-0.4, -0.2) is 64.2 Å². The average molecular weight is 574 g/mol. The van der Waals surface area contributed by atoms with E-state index in [-0.39, 0.29) is 5.75 Å². The van der Waals surface area contributed by atoms with E-state index in [0.717, 1.165) is 0 Å². The molecular weight excluding hydrogens is 530 g/mol. The number of rotatable bonds is 10. The first-order chi connectivity index (χ1) is 18.6. The van der Waals surface area contributed by atoms with Crippen molar-refractivity contribution in [1.82, 2.24) is 10.2 Å². The number of aromatic hydroxyl groups is 1. The number of carbonyl (C=O) groups is 3. The molecule has 9 nitrogen and oxygen atoms in total. The topological polar surface area (TPSA) is 117 Å². The highest BCUT2D eigenvalue weighted by atomic mass is 32.2. The number of nitrogens with one attached hydrogen (secondary N) is 2. The summed E-state index contributed by atoms with van der Waals surface area (Å²) in [6.45, 7) is 12.5. The van der Waals surface area contributed by atoms with Crippen LogP contribution in [-0.2, 0) is 14.3 Å². The molecule has 0 spiro atoms. The summed E-state index contributed by atoms with van der Waals surface area (Å²) >= 11 is 1.55. The zero-order chi connectivity index (χ0) is 30.3. The molecule has 0 aromatic heterocycles. The Labute approximate surface area is 242 Å². The van der Waals surface area contributed by atoms with E-state index in [1.807, 2.05) is 27.0 Å². The number of ether oxygens (including phenoxy) is 2. The molecule has 0 aliphatic heterocycles. The fourth-order valence-corrected chi connectivity index (χ4v) is 4.58. The van der Waals surface area contributed by atoms with Crippen LogP contribution >= 0.6 is 11.8 Å². The van der Waals surface area contributed by atoms with Gasteiger partial charge < -0.3 is 30.1 Å². The van der Waals surface area contributed by atoms with Crippen molar-refractivity contribution in [1.29, 1.82) is 0 Å². The van der Waals surface area contributed by atoms with Gasteiger partial charge >= 0.3 is 6.09 Å². The minimum Gasteiger partial charge on any atom is -0.508 e. The van der Waals surface area contributed by atoms with Crippen molar-refractivity contribution >= 4 is 35.4 Å². The summed E-state index contributed by atoms with van der Waals surface area (Å²) < 4.78 is 10.7. The van der Waals surface area contributed by atoms with Crippen LogP contribution in [0.2, 0.25) is 0 Å². The Morgan fingerprint density at radius 1 is 1.02 bits per heavy atom. The van der Waals surface area contributed by atoms with E-state index in [2.05, 4.69) is 10.6 Å². The molecule has 2 unspecified atom stereocenters. The Morgan fingerprint density at radius 3 is 2.15 bits per heavy atom. The maximum absolute atomic E-state index is 14.3. The van der Waals surface area contributed by atoms with Crippen molar-refractivity contribution in [2.24, 2.45) is 0 Å². The molecule has 0 heterocycles. The smallest absolute Gasteiger partial charge is 0.408 e. The van der Waals surface area contributed by atoms with Crippen LogP contribution in [0.3, 0.4) is 0 Å². The Hall–Kier alpha value is -3.40. The second kappa shape index (κ2) is 13.8. The Balaban J connectivity index is 2.59. The number of phenols is 1. The number of methoxy groups -OCH3 is 1. The van der Waals surface area contributed by atoms with Gasteiger partial charge in [0.05, 0.1) is 7.11 Å². The van der Waals surface area contributed by atoms with Gasteiger partial charge in [0.25, 0.3) is 5.91 Å².